The summed E-state index contributed by atoms with van der Waals surface area (Å²) < 4.78 is 5.39. The van der Waals surface area contributed by atoms with Crippen LogP contribution < -0.4 is 15.0 Å². The highest BCUT2D eigenvalue weighted by Gasteiger charge is 2.21. The molecular formula is C16H20N4O2S. The highest BCUT2D eigenvalue weighted by atomic mass is 32.1. The number of nitrogens with one attached hydrogen (secondary N) is 1. The highest BCUT2D eigenvalue weighted by molar-refractivity contribution is 7.13. The molecule has 6 nitrogen and oxygen atoms in total. The quantitative estimate of drug-likeness (QED) is 0.876. The average molecular weight is 332 g/mol. The molecule has 2 aromatic rings. The van der Waals surface area contributed by atoms with Gasteiger partial charge in [0.15, 0.2) is 11.7 Å². The summed E-state index contributed by atoms with van der Waals surface area (Å²) in [6.07, 6.45) is 7.36. The summed E-state index contributed by atoms with van der Waals surface area (Å²) in [6, 6.07) is 3.57. The molecule has 0 radical (unpaired) electrons. The summed E-state index contributed by atoms with van der Waals surface area (Å²) in [5.74, 6) is 0.963. The van der Waals surface area contributed by atoms with Gasteiger partial charge in [0.1, 0.15) is 5.75 Å². The normalized spacial score (nSPS) is 17.7. The molecule has 0 saturated carbocycles. The number of hydrogen-bond acceptors (Lipinski definition) is 6. The van der Waals surface area contributed by atoms with E-state index in [4.69, 9.17) is 4.74 Å². The van der Waals surface area contributed by atoms with Crippen LogP contribution in [-0.2, 0) is 4.79 Å². The fraction of sp³-hybridized carbons (Fsp3) is 0.438. The topological polar surface area (TPSA) is 67.3 Å². The third-order valence-corrected chi connectivity index (χ3v) is 4.63. The van der Waals surface area contributed by atoms with Gasteiger partial charge in [0.25, 0.3) is 5.91 Å². The Kier molecular flexibility index (Phi) is 5.42. The maximum atomic E-state index is 11.9. The smallest absolute Gasteiger partial charge is 0.257 e. The number of rotatable bonds is 6. The predicted molar refractivity (Wildman–Crippen MR) is 89.8 cm³/mol. The number of thiazole rings is 1. The van der Waals surface area contributed by atoms with Crippen LogP contribution >= 0.6 is 11.3 Å². The van der Waals surface area contributed by atoms with Crippen molar-refractivity contribution in [1.29, 1.82) is 0 Å². The Bertz CT molecular complexity index is 606. The van der Waals surface area contributed by atoms with E-state index in [9.17, 15) is 4.79 Å². The Labute approximate surface area is 139 Å². The van der Waals surface area contributed by atoms with Gasteiger partial charge in [-0.2, -0.15) is 0 Å². The zero-order valence-corrected chi connectivity index (χ0v) is 13.7. The lowest BCUT2D eigenvalue weighted by Gasteiger charge is -2.32. The Morgan fingerprint density at radius 1 is 1.48 bits per heavy atom. The van der Waals surface area contributed by atoms with Gasteiger partial charge in [-0.15, -0.1) is 11.3 Å². The van der Waals surface area contributed by atoms with Crippen LogP contribution in [0.15, 0.2) is 36.1 Å². The molecule has 1 fully saturated rings. The van der Waals surface area contributed by atoms with Crippen molar-refractivity contribution in [2.75, 3.05) is 31.1 Å². The van der Waals surface area contributed by atoms with Crippen molar-refractivity contribution in [3.63, 3.8) is 0 Å². The van der Waals surface area contributed by atoms with Crippen LogP contribution in [0.25, 0.3) is 0 Å². The van der Waals surface area contributed by atoms with Crippen molar-refractivity contribution >= 4 is 22.4 Å². The molecule has 122 valence electrons. The van der Waals surface area contributed by atoms with Gasteiger partial charge in [-0.1, -0.05) is 0 Å². The van der Waals surface area contributed by atoms with Gasteiger partial charge in [-0.05, 0) is 30.9 Å². The zero-order valence-electron chi connectivity index (χ0n) is 12.9. The molecule has 1 saturated heterocycles. The first-order valence-corrected chi connectivity index (χ1v) is 8.63. The van der Waals surface area contributed by atoms with Crippen molar-refractivity contribution in [2.24, 2.45) is 5.92 Å². The van der Waals surface area contributed by atoms with Crippen LogP contribution in [0.1, 0.15) is 12.8 Å². The van der Waals surface area contributed by atoms with Crippen LogP contribution in [0.3, 0.4) is 0 Å². The summed E-state index contributed by atoms with van der Waals surface area (Å²) in [4.78, 5) is 22.5. The van der Waals surface area contributed by atoms with Gasteiger partial charge in [0.2, 0.25) is 0 Å². The molecule has 3 heterocycles. The molecule has 0 spiro atoms. The summed E-state index contributed by atoms with van der Waals surface area (Å²) in [6.45, 7) is 2.69. The van der Waals surface area contributed by atoms with Gasteiger partial charge in [-0.25, -0.2) is 4.98 Å². The van der Waals surface area contributed by atoms with Crippen molar-refractivity contribution < 1.29 is 9.53 Å². The molecular weight excluding hydrogens is 312 g/mol. The van der Waals surface area contributed by atoms with E-state index in [0.717, 1.165) is 31.1 Å². The molecule has 7 heteroatoms. The van der Waals surface area contributed by atoms with E-state index in [1.54, 1.807) is 35.9 Å². The molecule has 1 N–H and O–H groups in total. The Morgan fingerprint density at radius 3 is 3.22 bits per heavy atom. The van der Waals surface area contributed by atoms with Crippen molar-refractivity contribution in [3.05, 3.63) is 36.1 Å². The monoisotopic (exact) mass is 332 g/mol. The minimum absolute atomic E-state index is 0.0224. The van der Waals surface area contributed by atoms with Crippen LogP contribution in [0.4, 0.5) is 5.13 Å². The Hall–Kier alpha value is -2.15. The van der Waals surface area contributed by atoms with Gasteiger partial charge in [0, 0.05) is 37.4 Å². The molecule has 0 bridgehead atoms. The summed E-state index contributed by atoms with van der Waals surface area (Å²) in [5, 5.41) is 6.03. The molecule has 0 aliphatic carbocycles. The second-order valence-corrected chi connectivity index (χ2v) is 6.42. The SMILES string of the molecule is O=C(COc1cccnc1)NCC1CCCN(c2nccs2)C1. The van der Waals surface area contributed by atoms with E-state index in [2.05, 4.69) is 20.2 Å². The van der Waals surface area contributed by atoms with Gasteiger partial charge >= 0.3 is 0 Å². The maximum absolute atomic E-state index is 11.9. The number of pyridine rings is 1. The number of anilines is 1. The average Bonchev–Trinajstić information content (AvgIpc) is 3.14. The van der Waals surface area contributed by atoms with E-state index in [0.29, 0.717) is 18.2 Å². The summed E-state index contributed by atoms with van der Waals surface area (Å²) >= 11 is 1.66. The fourth-order valence-corrected chi connectivity index (χ4v) is 3.35. The van der Waals surface area contributed by atoms with Crippen LogP contribution in [0, 0.1) is 5.92 Å². The number of hydrogen-bond donors (Lipinski definition) is 1. The molecule has 1 atom stereocenters. The minimum atomic E-state index is -0.0970. The molecule has 3 rings (SSSR count). The first-order valence-electron chi connectivity index (χ1n) is 7.75. The third kappa shape index (κ3) is 4.66. The minimum Gasteiger partial charge on any atom is -0.482 e. The van der Waals surface area contributed by atoms with E-state index < -0.39 is 0 Å². The van der Waals surface area contributed by atoms with Crippen molar-refractivity contribution in [3.8, 4) is 5.75 Å². The maximum Gasteiger partial charge on any atom is 0.257 e. The lowest BCUT2D eigenvalue weighted by atomic mass is 9.98. The van der Waals surface area contributed by atoms with Crippen LogP contribution in [-0.4, -0.2) is 42.1 Å². The number of carbonyl (C=O) groups is 1. The molecule has 0 aromatic carbocycles. The number of nitrogens with zero attached hydrogens (tertiary/aromatic N) is 3. The molecule has 1 aliphatic rings. The predicted octanol–water partition coefficient (Wildman–Crippen LogP) is 1.95. The number of aromatic nitrogens is 2. The largest absolute Gasteiger partial charge is 0.482 e. The molecule has 1 amide bonds. The van der Waals surface area contributed by atoms with E-state index in [-0.39, 0.29) is 12.5 Å². The number of piperidine rings is 1. The standard InChI is InChI=1S/C16H20N4O2S/c21-15(12-22-14-4-1-5-17-10-14)19-9-13-3-2-7-20(11-13)16-18-6-8-23-16/h1,4-6,8,10,13H,2-3,7,9,11-12H2,(H,19,21). The van der Waals surface area contributed by atoms with E-state index in [1.807, 2.05) is 11.6 Å². The van der Waals surface area contributed by atoms with Crippen molar-refractivity contribution in [1.82, 2.24) is 15.3 Å². The van der Waals surface area contributed by atoms with Gasteiger partial charge < -0.3 is 15.0 Å². The first-order chi connectivity index (χ1) is 11.3. The molecule has 2 aromatic heterocycles. The fourth-order valence-electron chi connectivity index (χ4n) is 2.67. The second kappa shape index (κ2) is 7.92. The summed E-state index contributed by atoms with van der Waals surface area (Å²) in [5.41, 5.74) is 0. The molecule has 1 aliphatic heterocycles. The van der Waals surface area contributed by atoms with Crippen molar-refractivity contribution in [2.45, 2.75) is 12.8 Å². The first kappa shape index (κ1) is 15.7. The molecule has 1 unspecified atom stereocenters. The number of carbonyl (C=O) groups excluding carboxylic acids is 1. The lowest BCUT2D eigenvalue weighted by Crippen LogP contribution is -2.41. The molecule has 23 heavy (non-hydrogen) atoms. The number of ether oxygens (including phenoxy) is 1. The van der Waals surface area contributed by atoms with E-state index >= 15 is 0 Å². The summed E-state index contributed by atoms with van der Waals surface area (Å²) in [7, 11) is 0. The Morgan fingerprint density at radius 2 is 2.43 bits per heavy atom. The van der Waals surface area contributed by atoms with Gasteiger partial charge in [0.05, 0.1) is 6.20 Å². The zero-order chi connectivity index (χ0) is 15.9. The van der Waals surface area contributed by atoms with E-state index in [1.165, 1.54) is 0 Å². The number of amides is 1. The third-order valence-electron chi connectivity index (χ3n) is 3.80. The Balaban J connectivity index is 1.40. The van der Waals surface area contributed by atoms with Crippen LogP contribution in [0.5, 0.6) is 5.75 Å². The highest BCUT2D eigenvalue weighted by Crippen LogP contribution is 2.24. The lowest BCUT2D eigenvalue weighted by molar-refractivity contribution is -0.123. The van der Waals surface area contributed by atoms with Crippen LogP contribution in [0.2, 0.25) is 0 Å². The second-order valence-electron chi connectivity index (χ2n) is 5.55. The van der Waals surface area contributed by atoms with Gasteiger partial charge in [-0.3, -0.25) is 9.78 Å².